The quantitative estimate of drug-likeness (QED) is 0.874. The predicted octanol–water partition coefficient (Wildman–Crippen LogP) is 3.18. The van der Waals surface area contributed by atoms with Crippen LogP contribution in [0.1, 0.15) is 11.6 Å². The van der Waals surface area contributed by atoms with Gasteiger partial charge in [0.15, 0.2) is 0 Å². The fraction of sp³-hybridized carbons (Fsp3) is 0.250. The minimum atomic E-state index is -2.71. The Morgan fingerprint density at radius 1 is 1.29 bits per heavy atom. The Bertz CT molecular complexity index is 346. The minimum absolute atomic E-state index is 0.0150. The van der Waals surface area contributed by atoms with E-state index in [1.165, 1.54) is 6.07 Å². The van der Waals surface area contributed by atoms with Gasteiger partial charge < -0.3 is 10.8 Å². The summed E-state index contributed by atoms with van der Waals surface area (Å²) in [4.78, 5) is 0. The Hall–Kier alpha value is -0.200. The number of rotatable bonds is 2. The lowest BCUT2D eigenvalue weighted by molar-refractivity contribution is 0.115. The number of nitrogens with two attached hydrogens (primary N) is 1. The molecule has 0 amide bonds. The van der Waals surface area contributed by atoms with Crippen molar-refractivity contribution in [1.29, 1.82) is 0 Å². The second-order valence-corrected chi connectivity index (χ2v) is 4.46. The van der Waals surface area contributed by atoms with E-state index in [-0.39, 0.29) is 11.3 Å². The molecule has 1 unspecified atom stereocenters. The van der Waals surface area contributed by atoms with Crippen molar-refractivity contribution in [3.63, 3.8) is 0 Å². The third-order valence-corrected chi connectivity index (χ3v) is 2.75. The number of halogens is 4. The summed E-state index contributed by atoms with van der Waals surface area (Å²) in [5.74, 6) is -0.249. The summed E-state index contributed by atoms with van der Waals surface area (Å²) in [6.07, 6.45) is -2.71. The first-order chi connectivity index (χ1) is 6.43. The van der Waals surface area contributed by atoms with Crippen LogP contribution in [0.5, 0.6) is 5.75 Å². The fourth-order valence-corrected chi connectivity index (χ4v) is 2.23. The molecule has 0 aliphatic carbocycles. The van der Waals surface area contributed by atoms with Gasteiger partial charge >= 0.3 is 0 Å². The van der Waals surface area contributed by atoms with E-state index in [2.05, 4.69) is 31.9 Å². The molecular formula is C8H7Br2F2NO. The Morgan fingerprint density at radius 2 is 1.86 bits per heavy atom. The highest BCUT2D eigenvalue weighted by Crippen LogP contribution is 2.36. The predicted molar refractivity (Wildman–Crippen MR) is 56.4 cm³/mol. The van der Waals surface area contributed by atoms with E-state index in [1.807, 2.05) is 0 Å². The largest absolute Gasteiger partial charge is 0.506 e. The Labute approximate surface area is 96.4 Å². The Balaban J connectivity index is 3.20. The van der Waals surface area contributed by atoms with Crippen molar-refractivity contribution in [3.05, 3.63) is 26.6 Å². The molecule has 0 saturated carbocycles. The summed E-state index contributed by atoms with van der Waals surface area (Å²) in [6.45, 7) is 0. The highest BCUT2D eigenvalue weighted by molar-refractivity contribution is 9.11. The van der Waals surface area contributed by atoms with Crippen LogP contribution in [0.25, 0.3) is 0 Å². The summed E-state index contributed by atoms with van der Waals surface area (Å²) in [5, 5.41) is 9.46. The van der Waals surface area contributed by atoms with Gasteiger partial charge in [-0.3, -0.25) is 0 Å². The van der Waals surface area contributed by atoms with Crippen LogP contribution < -0.4 is 5.73 Å². The Morgan fingerprint density at radius 3 is 2.36 bits per heavy atom. The van der Waals surface area contributed by atoms with Crippen LogP contribution in [0, 0.1) is 0 Å². The number of benzene rings is 1. The monoisotopic (exact) mass is 329 g/mol. The number of hydrogen-bond acceptors (Lipinski definition) is 2. The van der Waals surface area contributed by atoms with Crippen LogP contribution in [0.4, 0.5) is 8.78 Å². The van der Waals surface area contributed by atoms with Gasteiger partial charge in [-0.25, -0.2) is 8.78 Å². The maximum atomic E-state index is 12.3. The van der Waals surface area contributed by atoms with Gasteiger partial charge in [-0.05, 0) is 28.1 Å². The van der Waals surface area contributed by atoms with Gasteiger partial charge in [-0.1, -0.05) is 15.9 Å². The lowest BCUT2D eigenvalue weighted by Gasteiger charge is -2.13. The lowest BCUT2D eigenvalue weighted by Crippen LogP contribution is -2.19. The van der Waals surface area contributed by atoms with E-state index in [4.69, 9.17) is 5.73 Å². The normalized spacial score (nSPS) is 13.3. The maximum Gasteiger partial charge on any atom is 0.257 e. The molecule has 0 spiro atoms. The van der Waals surface area contributed by atoms with Gasteiger partial charge in [0.2, 0.25) is 0 Å². The average molecular weight is 331 g/mol. The molecule has 1 rings (SSSR count). The topological polar surface area (TPSA) is 46.2 Å². The van der Waals surface area contributed by atoms with Gasteiger partial charge in [0, 0.05) is 10.0 Å². The number of alkyl halides is 2. The summed E-state index contributed by atoms with van der Waals surface area (Å²) < 4.78 is 25.5. The summed E-state index contributed by atoms with van der Waals surface area (Å²) in [6, 6.07) is 1.44. The SMILES string of the molecule is NC(c1cc(Br)cc(Br)c1O)C(F)F. The second-order valence-electron chi connectivity index (χ2n) is 2.69. The molecule has 1 aromatic carbocycles. The lowest BCUT2D eigenvalue weighted by atomic mass is 10.1. The van der Waals surface area contributed by atoms with Gasteiger partial charge in [0.25, 0.3) is 6.43 Å². The van der Waals surface area contributed by atoms with E-state index in [0.717, 1.165) is 0 Å². The molecule has 0 aromatic heterocycles. The van der Waals surface area contributed by atoms with Crippen LogP contribution in [-0.2, 0) is 0 Å². The molecule has 1 atom stereocenters. The van der Waals surface area contributed by atoms with E-state index >= 15 is 0 Å². The number of phenols is 1. The van der Waals surface area contributed by atoms with Crippen LogP contribution in [0.15, 0.2) is 21.1 Å². The Kier molecular flexibility index (Phi) is 3.86. The molecule has 0 saturated heterocycles. The molecular weight excluding hydrogens is 324 g/mol. The molecule has 0 heterocycles. The van der Waals surface area contributed by atoms with E-state index in [1.54, 1.807) is 6.07 Å². The van der Waals surface area contributed by atoms with Gasteiger partial charge in [0.05, 0.1) is 10.5 Å². The zero-order valence-corrected chi connectivity index (χ0v) is 10.0. The van der Waals surface area contributed by atoms with Gasteiger partial charge in [-0.15, -0.1) is 0 Å². The molecule has 0 radical (unpaired) electrons. The maximum absolute atomic E-state index is 12.3. The first-order valence-corrected chi connectivity index (χ1v) is 5.23. The second kappa shape index (κ2) is 4.55. The zero-order chi connectivity index (χ0) is 10.9. The van der Waals surface area contributed by atoms with Crippen molar-refractivity contribution in [1.82, 2.24) is 0 Å². The summed E-state index contributed by atoms with van der Waals surface area (Å²) in [7, 11) is 0. The van der Waals surface area contributed by atoms with Crippen LogP contribution >= 0.6 is 31.9 Å². The van der Waals surface area contributed by atoms with Gasteiger partial charge in [0.1, 0.15) is 5.75 Å². The fourth-order valence-electron chi connectivity index (χ4n) is 0.976. The van der Waals surface area contributed by atoms with Crippen molar-refractivity contribution >= 4 is 31.9 Å². The first-order valence-electron chi connectivity index (χ1n) is 3.65. The molecule has 6 heteroatoms. The highest BCUT2D eigenvalue weighted by atomic mass is 79.9. The van der Waals surface area contributed by atoms with Crippen LogP contribution in [0.3, 0.4) is 0 Å². The molecule has 0 bridgehead atoms. The zero-order valence-electron chi connectivity index (χ0n) is 6.85. The minimum Gasteiger partial charge on any atom is -0.506 e. The van der Waals surface area contributed by atoms with E-state index < -0.39 is 12.5 Å². The first kappa shape index (κ1) is 11.9. The van der Waals surface area contributed by atoms with Crippen molar-refractivity contribution in [2.45, 2.75) is 12.5 Å². The van der Waals surface area contributed by atoms with Crippen LogP contribution in [-0.4, -0.2) is 11.5 Å². The smallest absolute Gasteiger partial charge is 0.257 e. The van der Waals surface area contributed by atoms with Crippen molar-refractivity contribution < 1.29 is 13.9 Å². The van der Waals surface area contributed by atoms with E-state index in [9.17, 15) is 13.9 Å². The molecule has 3 N–H and O–H groups in total. The highest BCUT2D eigenvalue weighted by Gasteiger charge is 2.22. The molecule has 14 heavy (non-hydrogen) atoms. The van der Waals surface area contributed by atoms with Crippen molar-refractivity contribution in [3.8, 4) is 5.75 Å². The summed E-state index contributed by atoms with van der Waals surface area (Å²) >= 11 is 6.16. The molecule has 2 nitrogen and oxygen atoms in total. The van der Waals surface area contributed by atoms with E-state index in [0.29, 0.717) is 8.95 Å². The number of hydrogen-bond donors (Lipinski definition) is 2. The standard InChI is InChI=1S/C8H7Br2F2NO/c9-3-1-4(6(13)8(11)12)7(14)5(10)2-3/h1-2,6,8,14H,13H2. The molecule has 0 fully saturated rings. The average Bonchev–Trinajstić information content (AvgIpc) is 2.09. The van der Waals surface area contributed by atoms with Crippen molar-refractivity contribution in [2.24, 2.45) is 5.73 Å². The van der Waals surface area contributed by atoms with Crippen molar-refractivity contribution in [2.75, 3.05) is 0 Å². The third-order valence-electron chi connectivity index (χ3n) is 1.69. The number of aromatic hydroxyl groups is 1. The number of phenolic OH excluding ortho intramolecular Hbond substituents is 1. The molecule has 0 aliphatic rings. The molecule has 0 aliphatic heterocycles. The molecule has 78 valence electrons. The molecule has 1 aromatic rings. The summed E-state index contributed by atoms with van der Waals surface area (Å²) in [5.41, 5.74) is 5.24. The third kappa shape index (κ3) is 2.43. The van der Waals surface area contributed by atoms with Crippen LogP contribution in [0.2, 0.25) is 0 Å². The van der Waals surface area contributed by atoms with Gasteiger partial charge in [-0.2, -0.15) is 0 Å².